The van der Waals surface area contributed by atoms with Crippen molar-refractivity contribution in [3.05, 3.63) is 59.2 Å². The van der Waals surface area contributed by atoms with Gasteiger partial charge in [0, 0.05) is 24.1 Å². The van der Waals surface area contributed by atoms with Crippen LogP contribution in [0.5, 0.6) is 11.5 Å². The molecule has 1 heterocycles. The van der Waals surface area contributed by atoms with Crippen LogP contribution < -0.4 is 19.7 Å². The maximum Gasteiger partial charge on any atom is 0.251 e. The van der Waals surface area contributed by atoms with Crippen LogP contribution in [-0.4, -0.2) is 65.3 Å². The Bertz CT molecular complexity index is 860. The van der Waals surface area contributed by atoms with Gasteiger partial charge in [-0.2, -0.15) is 0 Å². The number of nitrogens with one attached hydrogen (secondary N) is 2. The Morgan fingerprint density at radius 1 is 1.00 bits per heavy atom. The van der Waals surface area contributed by atoms with Gasteiger partial charge in [-0.25, -0.2) is 0 Å². The van der Waals surface area contributed by atoms with Crippen molar-refractivity contribution in [1.82, 2.24) is 5.32 Å². The maximum atomic E-state index is 12.9. The Balaban J connectivity index is 1.56. The van der Waals surface area contributed by atoms with Crippen molar-refractivity contribution in [1.29, 1.82) is 0 Å². The zero-order chi connectivity index (χ0) is 21.3. The zero-order valence-corrected chi connectivity index (χ0v) is 17.5. The van der Waals surface area contributed by atoms with Crippen LogP contribution in [0.3, 0.4) is 0 Å². The number of ether oxygens (including phenoxy) is 3. The van der Waals surface area contributed by atoms with Crippen molar-refractivity contribution in [3.63, 3.8) is 0 Å². The third kappa shape index (κ3) is 5.58. The fourth-order valence-electron chi connectivity index (χ4n) is 3.47. The minimum Gasteiger partial charge on any atom is -0.497 e. The number of amides is 1. The van der Waals surface area contributed by atoms with E-state index in [-0.39, 0.29) is 11.7 Å². The van der Waals surface area contributed by atoms with E-state index in [0.717, 1.165) is 39.3 Å². The van der Waals surface area contributed by atoms with E-state index in [1.807, 2.05) is 0 Å². The smallest absolute Gasteiger partial charge is 0.251 e. The largest absolute Gasteiger partial charge is 0.497 e. The lowest BCUT2D eigenvalue weighted by atomic mass is 10.0. The van der Waals surface area contributed by atoms with Crippen molar-refractivity contribution >= 4 is 11.7 Å². The molecule has 2 aromatic rings. The molecule has 0 radical (unpaired) electrons. The first-order valence-corrected chi connectivity index (χ1v) is 10.2. The summed E-state index contributed by atoms with van der Waals surface area (Å²) in [5.41, 5.74) is 1.43. The number of morpholine rings is 1. The number of ketones is 1. The van der Waals surface area contributed by atoms with Gasteiger partial charge >= 0.3 is 0 Å². The summed E-state index contributed by atoms with van der Waals surface area (Å²) in [6, 6.07) is 11.8. The van der Waals surface area contributed by atoms with Crippen molar-refractivity contribution in [2.24, 2.45) is 0 Å². The van der Waals surface area contributed by atoms with Crippen LogP contribution in [0.25, 0.3) is 0 Å². The second-order valence-corrected chi connectivity index (χ2v) is 7.19. The summed E-state index contributed by atoms with van der Waals surface area (Å²) in [6.07, 6.45) is 0.924. The first kappa shape index (κ1) is 21.8. The van der Waals surface area contributed by atoms with Gasteiger partial charge in [0.1, 0.15) is 24.6 Å². The number of methoxy groups -OCH3 is 2. The van der Waals surface area contributed by atoms with Crippen LogP contribution in [0.2, 0.25) is 0 Å². The Morgan fingerprint density at radius 3 is 2.37 bits per heavy atom. The molecule has 0 unspecified atom stereocenters. The molecular formula is C23H29N2O5+. The maximum absolute atomic E-state index is 12.9. The number of rotatable bonds is 9. The predicted octanol–water partition coefficient (Wildman–Crippen LogP) is 0.970. The summed E-state index contributed by atoms with van der Waals surface area (Å²) in [4.78, 5) is 26.8. The van der Waals surface area contributed by atoms with E-state index in [1.54, 1.807) is 49.6 Å². The molecule has 0 bridgehead atoms. The zero-order valence-electron chi connectivity index (χ0n) is 17.5. The summed E-state index contributed by atoms with van der Waals surface area (Å²) >= 11 is 0. The molecule has 0 spiro atoms. The number of hydrogen-bond acceptors (Lipinski definition) is 5. The quantitative estimate of drug-likeness (QED) is 0.473. The highest BCUT2D eigenvalue weighted by atomic mass is 16.5. The molecule has 2 N–H and O–H groups in total. The van der Waals surface area contributed by atoms with Gasteiger partial charge in [-0.1, -0.05) is 12.1 Å². The summed E-state index contributed by atoms with van der Waals surface area (Å²) in [7, 11) is 3.07. The van der Waals surface area contributed by atoms with Crippen LogP contribution in [0, 0.1) is 0 Å². The van der Waals surface area contributed by atoms with Crippen LogP contribution in [0.4, 0.5) is 0 Å². The summed E-state index contributed by atoms with van der Waals surface area (Å²) in [5, 5.41) is 2.95. The van der Waals surface area contributed by atoms with Crippen LogP contribution in [0.1, 0.15) is 32.7 Å². The Labute approximate surface area is 176 Å². The Morgan fingerprint density at radius 2 is 1.70 bits per heavy atom. The van der Waals surface area contributed by atoms with Gasteiger partial charge in [-0.05, 0) is 30.3 Å². The fourth-order valence-corrected chi connectivity index (χ4v) is 3.47. The van der Waals surface area contributed by atoms with Crippen LogP contribution in [-0.2, 0) is 4.74 Å². The summed E-state index contributed by atoms with van der Waals surface area (Å²) in [5.74, 6) is 0.732. The number of carbonyl (C=O) groups is 2. The molecule has 0 saturated carbocycles. The molecule has 7 nitrogen and oxygen atoms in total. The predicted molar refractivity (Wildman–Crippen MR) is 113 cm³/mol. The Kier molecular flexibility index (Phi) is 7.82. The second-order valence-electron chi connectivity index (χ2n) is 7.19. The highest BCUT2D eigenvalue weighted by molar-refractivity contribution is 6.11. The lowest BCUT2D eigenvalue weighted by Crippen LogP contribution is -3.14. The topological polar surface area (TPSA) is 78.3 Å². The number of carbonyl (C=O) groups excluding carboxylic acids is 2. The number of quaternary nitrogens is 1. The van der Waals surface area contributed by atoms with Crippen molar-refractivity contribution in [3.8, 4) is 11.5 Å². The van der Waals surface area contributed by atoms with E-state index in [4.69, 9.17) is 14.2 Å². The molecule has 2 aromatic carbocycles. The molecule has 1 saturated heterocycles. The molecule has 30 heavy (non-hydrogen) atoms. The van der Waals surface area contributed by atoms with Crippen molar-refractivity contribution < 1.29 is 28.7 Å². The molecule has 1 fully saturated rings. The van der Waals surface area contributed by atoms with E-state index in [1.165, 1.54) is 12.0 Å². The van der Waals surface area contributed by atoms with Crippen LogP contribution in [0.15, 0.2) is 42.5 Å². The monoisotopic (exact) mass is 413 g/mol. The molecular weight excluding hydrogens is 384 g/mol. The first-order chi connectivity index (χ1) is 14.6. The summed E-state index contributed by atoms with van der Waals surface area (Å²) in [6.45, 7) is 5.34. The third-order valence-corrected chi connectivity index (χ3v) is 5.25. The first-order valence-electron chi connectivity index (χ1n) is 10.2. The van der Waals surface area contributed by atoms with Crippen LogP contribution >= 0.6 is 0 Å². The average molecular weight is 413 g/mol. The molecule has 0 aromatic heterocycles. The molecule has 0 aliphatic carbocycles. The molecule has 1 amide bonds. The van der Waals surface area contributed by atoms with Gasteiger partial charge < -0.3 is 24.4 Å². The minimum atomic E-state index is -0.189. The van der Waals surface area contributed by atoms with E-state index >= 15 is 0 Å². The van der Waals surface area contributed by atoms with Gasteiger partial charge in [0.2, 0.25) is 0 Å². The molecule has 1 aliphatic rings. The average Bonchev–Trinajstić information content (AvgIpc) is 2.81. The van der Waals surface area contributed by atoms with E-state index in [9.17, 15) is 9.59 Å². The lowest BCUT2D eigenvalue weighted by Gasteiger charge is -2.23. The van der Waals surface area contributed by atoms with Crippen molar-refractivity contribution in [2.45, 2.75) is 6.42 Å². The molecule has 3 rings (SSSR count). The van der Waals surface area contributed by atoms with E-state index in [2.05, 4.69) is 5.32 Å². The van der Waals surface area contributed by atoms with Gasteiger partial charge in [-0.3, -0.25) is 9.59 Å². The molecule has 0 atom stereocenters. The van der Waals surface area contributed by atoms with E-state index in [0.29, 0.717) is 34.7 Å². The minimum absolute atomic E-state index is 0.134. The number of hydrogen-bond donors (Lipinski definition) is 2. The van der Waals surface area contributed by atoms with Gasteiger partial charge in [-0.15, -0.1) is 0 Å². The van der Waals surface area contributed by atoms with Gasteiger partial charge in [0.05, 0.1) is 39.5 Å². The normalized spacial score (nSPS) is 14.2. The highest BCUT2D eigenvalue weighted by Crippen LogP contribution is 2.26. The summed E-state index contributed by atoms with van der Waals surface area (Å²) < 4.78 is 15.9. The van der Waals surface area contributed by atoms with Crippen molar-refractivity contribution in [2.75, 3.05) is 53.6 Å². The third-order valence-electron chi connectivity index (χ3n) is 5.25. The standard InChI is InChI=1S/C23H28N2O5/c1-28-19-8-9-21(29-2)20(16-19)22(26)17-4-6-18(7-5-17)23(27)24-10-3-11-25-12-14-30-15-13-25/h4-9,16H,3,10-15H2,1-2H3,(H,24,27)/p+1. The molecule has 160 valence electrons. The SMILES string of the molecule is COc1ccc(OC)c(C(=O)c2ccc(C(=O)NCCC[NH+]3CCOCC3)cc2)c1. The number of benzene rings is 2. The van der Waals surface area contributed by atoms with Gasteiger partial charge in [0.15, 0.2) is 5.78 Å². The fraction of sp³-hybridized carbons (Fsp3) is 0.391. The molecule has 1 aliphatic heterocycles. The Hall–Kier alpha value is -2.90. The van der Waals surface area contributed by atoms with Gasteiger partial charge in [0.25, 0.3) is 5.91 Å². The second kappa shape index (κ2) is 10.8. The highest BCUT2D eigenvalue weighted by Gasteiger charge is 2.17. The molecule has 7 heteroatoms. The van der Waals surface area contributed by atoms with E-state index < -0.39 is 0 Å². The lowest BCUT2D eigenvalue weighted by molar-refractivity contribution is -0.908.